The molecule has 0 fully saturated rings. The first-order valence-electron chi connectivity index (χ1n) is 9.37. The Labute approximate surface area is 155 Å². The van der Waals surface area contributed by atoms with Crippen LogP contribution in [0, 0.1) is 0 Å². The molecule has 0 spiro atoms. The number of benzene rings is 3. The molecule has 0 aromatic heterocycles. The number of fused-ring (bicyclic) bond motifs is 1. The van der Waals surface area contributed by atoms with E-state index in [0.717, 1.165) is 18.6 Å². The Kier molecular flexibility index (Phi) is 5.03. The third-order valence-electron chi connectivity index (χ3n) is 5.35. The lowest BCUT2D eigenvalue weighted by Gasteiger charge is -2.34. The number of rotatable bonds is 5. The molecule has 0 radical (unpaired) electrons. The van der Waals surface area contributed by atoms with Gasteiger partial charge >= 0.3 is 0 Å². The topological polar surface area (TPSA) is 21.3 Å². The van der Waals surface area contributed by atoms with Crippen molar-refractivity contribution in [2.75, 3.05) is 7.05 Å². The van der Waals surface area contributed by atoms with Crippen molar-refractivity contribution in [3.8, 4) is 5.75 Å². The minimum absolute atomic E-state index is 0.396. The Hall–Kier alpha value is -2.58. The number of hydrogen-bond donors (Lipinski definition) is 1. The summed E-state index contributed by atoms with van der Waals surface area (Å²) in [5.41, 5.74) is 5.41. The van der Waals surface area contributed by atoms with Crippen LogP contribution in [-0.2, 0) is 13.0 Å². The second-order valence-electron chi connectivity index (χ2n) is 6.96. The van der Waals surface area contributed by atoms with Gasteiger partial charge in [0.15, 0.2) is 0 Å². The van der Waals surface area contributed by atoms with E-state index in [1.165, 1.54) is 22.3 Å². The largest absolute Gasteiger partial charge is 0.489 e. The van der Waals surface area contributed by atoms with Gasteiger partial charge in [-0.1, -0.05) is 66.7 Å². The predicted molar refractivity (Wildman–Crippen MR) is 107 cm³/mol. The van der Waals surface area contributed by atoms with Gasteiger partial charge in [0.2, 0.25) is 0 Å². The molecule has 132 valence electrons. The smallest absolute Gasteiger partial charge is 0.120 e. The first-order valence-corrected chi connectivity index (χ1v) is 9.37. The SMILES string of the molecule is CN[C@@H]1CCc2cc(OCc3ccccc3)ccc2[C@@H]1c1ccccc1. The summed E-state index contributed by atoms with van der Waals surface area (Å²) in [6.07, 6.45) is 2.23. The zero-order valence-corrected chi connectivity index (χ0v) is 15.2. The van der Waals surface area contributed by atoms with E-state index >= 15 is 0 Å². The fraction of sp³-hybridized carbons (Fsp3) is 0.250. The molecule has 1 aliphatic carbocycles. The number of hydrogen-bond acceptors (Lipinski definition) is 2. The summed E-state index contributed by atoms with van der Waals surface area (Å²) >= 11 is 0. The highest BCUT2D eigenvalue weighted by molar-refractivity contribution is 5.45. The van der Waals surface area contributed by atoms with Gasteiger partial charge in [-0.05, 0) is 54.3 Å². The molecule has 3 aromatic rings. The summed E-state index contributed by atoms with van der Waals surface area (Å²) in [7, 11) is 2.07. The number of nitrogens with one attached hydrogen (secondary N) is 1. The zero-order chi connectivity index (χ0) is 17.8. The summed E-state index contributed by atoms with van der Waals surface area (Å²) in [6.45, 7) is 0.612. The van der Waals surface area contributed by atoms with Gasteiger partial charge in [0, 0.05) is 12.0 Å². The van der Waals surface area contributed by atoms with Crippen molar-refractivity contribution < 1.29 is 4.74 Å². The molecule has 2 atom stereocenters. The maximum Gasteiger partial charge on any atom is 0.120 e. The van der Waals surface area contributed by atoms with Gasteiger partial charge in [-0.2, -0.15) is 0 Å². The van der Waals surface area contributed by atoms with Crippen LogP contribution in [0.25, 0.3) is 0 Å². The second kappa shape index (κ2) is 7.76. The Morgan fingerprint density at radius 1 is 0.923 bits per heavy atom. The van der Waals surface area contributed by atoms with Crippen LogP contribution < -0.4 is 10.1 Å². The summed E-state index contributed by atoms with van der Waals surface area (Å²) in [4.78, 5) is 0. The van der Waals surface area contributed by atoms with E-state index < -0.39 is 0 Å². The van der Waals surface area contributed by atoms with E-state index in [4.69, 9.17) is 4.74 Å². The Morgan fingerprint density at radius 3 is 2.38 bits per heavy atom. The molecule has 2 nitrogen and oxygen atoms in total. The Balaban J connectivity index is 1.59. The van der Waals surface area contributed by atoms with Crippen molar-refractivity contribution >= 4 is 0 Å². The van der Waals surface area contributed by atoms with Crippen molar-refractivity contribution in [2.45, 2.75) is 31.4 Å². The number of likely N-dealkylation sites (N-methyl/N-ethyl adjacent to an activating group) is 1. The van der Waals surface area contributed by atoms with Crippen LogP contribution in [0.1, 0.15) is 34.6 Å². The van der Waals surface area contributed by atoms with Crippen LogP contribution in [0.15, 0.2) is 78.9 Å². The fourth-order valence-electron chi connectivity index (χ4n) is 4.01. The first kappa shape index (κ1) is 16.9. The van der Waals surface area contributed by atoms with Crippen LogP contribution in [0.4, 0.5) is 0 Å². The number of ether oxygens (including phenoxy) is 1. The molecule has 0 saturated heterocycles. The van der Waals surface area contributed by atoms with Gasteiger partial charge in [0.05, 0.1) is 0 Å². The molecule has 0 unspecified atom stereocenters. The molecule has 0 amide bonds. The monoisotopic (exact) mass is 343 g/mol. The van der Waals surface area contributed by atoms with Crippen LogP contribution in [0.3, 0.4) is 0 Å². The van der Waals surface area contributed by atoms with Crippen molar-refractivity contribution in [3.05, 3.63) is 101 Å². The van der Waals surface area contributed by atoms with E-state index in [2.05, 4.69) is 73.0 Å². The average molecular weight is 343 g/mol. The van der Waals surface area contributed by atoms with Crippen LogP contribution in [0.5, 0.6) is 5.75 Å². The quantitative estimate of drug-likeness (QED) is 0.709. The average Bonchev–Trinajstić information content (AvgIpc) is 2.72. The molecule has 0 aliphatic heterocycles. The predicted octanol–water partition coefficient (Wildman–Crippen LogP) is 4.93. The third-order valence-corrected chi connectivity index (χ3v) is 5.35. The van der Waals surface area contributed by atoms with E-state index in [1.54, 1.807) is 0 Å². The number of aryl methyl sites for hydroxylation is 1. The standard InChI is InChI=1S/C24H25NO/c1-25-23-15-12-20-16-21(26-17-18-8-4-2-5-9-18)13-14-22(20)24(23)19-10-6-3-7-11-19/h2-11,13-14,16,23-25H,12,15,17H2,1H3/t23-,24+/m1/s1. The van der Waals surface area contributed by atoms with Crippen molar-refractivity contribution in [1.82, 2.24) is 5.32 Å². The van der Waals surface area contributed by atoms with Crippen molar-refractivity contribution in [2.24, 2.45) is 0 Å². The van der Waals surface area contributed by atoms with Crippen molar-refractivity contribution in [3.63, 3.8) is 0 Å². The van der Waals surface area contributed by atoms with Crippen molar-refractivity contribution in [1.29, 1.82) is 0 Å². The molecular weight excluding hydrogens is 318 g/mol. The Morgan fingerprint density at radius 2 is 1.65 bits per heavy atom. The molecule has 2 heteroatoms. The van der Waals surface area contributed by atoms with Gasteiger partial charge in [0.1, 0.15) is 12.4 Å². The first-order chi connectivity index (χ1) is 12.8. The van der Waals surface area contributed by atoms with Gasteiger partial charge in [-0.25, -0.2) is 0 Å². The van der Waals surface area contributed by atoms with E-state index in [-0.39, 0.29) is 0 Å². The van der Waals surface area contributed by atoms with Gasteiger partial charge in [0.25, 0.3) is 0 Å². The molecule has 1 N–H and O–H groups in total. The molecule has 3 aromatic carbocycles. The van der Waals surface area contributed by atoms with Gasteiger partial charge in [-0.3, -0.25) is 0 Å². The molecule has 0 heterocycles. The molecule has 26 heavy (non-hydrogen) atoms. The highest BCUT2D eigenvalue weighted by Gasteiger charge is 2.29. The summed E-state index contributed by atoms with van der Waals surface area (Å²) in [6, 6.07) is 28.2. The fourth-order valence-corrected chi connectivity index (χ4v) is 4.01. The maximum atomic E-state index is 6.04. The summed E-state index contributed by atoms with van der Waals surface area (Å²) in [5.74, 6) is 1.36. The minimum Gasteiger partial charge on any atom is -0.489 e. The highest BCUT2D eigenvalue weighted by Crippen LogP contribution is 2.38. The van der Waals surface area contributed by atoms with Crippen LogP contribution >= 0.6 is 0 Å². The lowest BCUT2D eigenvalue weighted by Crippen LogP contribution is -2.36. The highest BCUT2D eigenvalue weighted by atomic mass is 16.5. The zero-order valence-electron chi connectivity index (χ0n) is 15.2. The summed E-state index contributed by atoms with van der Waals surface area (Å²) < 4.78 is 6.04. The van der Waals surface area contributed by atoms with E-state index in [9.17, 15) is 0 Å². The van der Waals surface area contributed by atoms with Gasteiger partial charge in [-0.15, -0.1) is 0 Å². The van der Waals surface area contributed by atoms with Crippen LogP contribution in [-0.4, -0.2) is 13.1 Å². The van der Waals surface area contributed by atoms with E-state index in [1.807, 2.05) is 18.2 Å². The summed E-state index contributed by atoms with van der Waals surface area (Å²) in [5, 5.41) is 3.52. The normalized spacial score (nSPS) is 19.0. The Bertz CT molecular complexity index is 845. The third kappa shape index (κ3) is 3.51. The molecule has 1 aliphatic rings. The molecule has 0 bridgehead atoms. The molecular formula is C24H25NO. The molecule has 4 rings (SSSR count). The second-order valence-corrected chi connectivity index (χ2v) is 6.96. The van der Waals surface area contributed by atoms with E-state index in [0.29, 0.717) is 18.6 Å². The lowest BCUT2D eigenvalue weighted by molar-refractivity contribution is 0.305. The minimum atomic E-state index is 0.396. The lowest BCUT2D eigenvalue weighted by atomic mass is 9.75. The molecule has 0 saturated carbocycles. The van der Waals surface area contributed by atoms with Gasteiger partial charge < -0.3 is 10.1 Å². The van der Waals surface area contributed by atoms with Crippen LogP contribution in [0.2, 0.25) is 0 Å². The maximum absolute atomic E-state index is 6.04.